The van der Waals surface area contributed by atoms with E-state index in [2.05, 4.69) is 24.4 Å². The molecule has 1 saturated heterocycles. The first-order chi connectivity index (χ1) is 9.44. The molecule has 1 unspecified atom stereocenters. The standard InChI is InChI=1S/C15H21F3N2/c1-12-4-2-3-5-14(12)9-19-8-13-6-7-20(10-13)11-15(16,17)18/h2-5,13,19H,6-11H2,1H3. The molecule has 1 aliphatic heterocycles. The summed E-state index contributed by atoms with van der Waals surface area (Å²) in [6.07, 6.45) is -3.24. The van der Waals surface area contributed by atoms with Gasteiger partial charge >= 0.3 is 6.18 Å². The number of likely N-dealkylation sites (tertiary alicyclic amines) is 1. The van der Waals surface area contributed by atoms with Crippen LogP contribution in [0.15, 0.2) is 24.3 Å². The first-order valence-electron chi connectivity index (χ1n) is 6.98. The van der Waals surface area contributed by atoms with Gasteiger partial charge in [0.2, 0.25) is 0 Å². The molecule has 1 N–H and O–H groups in total. The Kier molecular flexibility index (Phi) is 5.05. The van der Waals surface area contributed by atoms with Crippen molar-refractivity contribution < 1.29 is 13.2 Å². The van der Waals surface area contributed by atoms with Gasteiger partial charge in [-0.15, -0.1) is 0 Å². The number of nitrogens with one attached hydrogen (secondary N) is 1. The molecule has 1 aromatic rings. The minimum Gasteiger partial charge on any atom is -0.312 e. The number of aryl methyl sites for hydroxylation is 1. The van der Waals surface area contributed by atoms with Gasteiger partial charge in [0.25, 0.3) is 0 Å². The zero-order valence-electron chi connectivity index (χ0n) is 11.7. The Morgan fingerprint density at radius 1 is 1.30 bits per heavy atom. The molecule has 0 saturated carbocycles. The van der Waals surface area contributed by atoms with E-state index in [1.807, 2.05) is 12.1 Å². The van der Waals surface area contributed by atoms with Gasteiger partial charge < -0.3 is 5.32 Å². The van der Waals surface area contributed by atoms with E-state index in [1.165, 1.54) is 16.0 Å². The summed E-state index contributed by atoms with van der Waals surface area (Å²) in [4.78, 5) is 1.50. The minimum absolute atomic E-state index is 0.321. The van der Waals surface area contributed by atoms with E-state index >= 15 is 0 Å². The quantitative estimate of drug-likeness (QED) is 0.895. The summed E-state index contributed by atoms with van der Waals surface area (Å²) < 4.78 is 36.9. The maximum Gasteiger partial charge on any atom is 0.401 e. The molecule has 0 aliphatic carbocycles. The molecule has 5 heteroatoms. The van der Waals surface area contributed by atoms with Crippen LogP contribution in [0.1, 0.15) is 17.5 Å². The van der Waals surface area contributed by atoms with Crippen molar-refractivity contribution in [2.45, 2.75) is 26.1 Å². The van der Waals surface area contributed by atoms with Crippen molar-refractivity contribution in [3.05, 3.63) is 35.4 Å². The van der Waals surface area contributed by atoms with Gasteiger partial charge in [-0.2, -0.15) is 13.2 Å². The Bertz CT molecular complexity index is 431. The number of halogens is 3. The van der Waals surface area contributed by atoms with Crippen molar-refractivity contribution in [1.29, 1.82) is 0 Å². The fourth-order valence-corrected chi connectivity index (χ4v) is 2.70. The molecule has 20 heavy (non-hydrogen) atoms. The van der Waals surface area contributed by atoms with Crippen LogP contribution in [0.25, 0.3) is 0 Å². The van der Waals surface area contributed by atoms with Crippen molar-refractivity contribution in [3.8, 4) is 0 Å². The van der Waals surface area contributed by atoms with Crippen LogP contribution < -0.4 is 5.32 Å². The number of rotatable bonds is 5. The van der Waals surface area contributed by atoms with Crippen molar-refractivity contribution in [3.63, 3.8) is 0 Å². The Morgan fingerprint density at radius 2 is 2.05 bits per heavy atom. The number of hydrogen-bond donors (Lipinski definition) is 1. The van der Waals surface area contributed by atoms with Gasteiger partial charge in [-0.05, 0) is 43.5 Å². The molecule has 2 rings (SSSR count). The van der Waals surface area contributed by atoms with E-state index in [9.17, 15) is 13.2 Å². The lowest BCUT2D eigenvalue weighted by Gasteiger charge is -2.18. The second kappa shape index (κ2) is 6.59. The van der Waals surface area contributed by atoms with Gasteiger partial charge in [-0.25, -0.2) is 0 Å². The highest BCUT2D eigenvalue weighted by Gasteiger charge is 2.34. The molecule has 1 heterocycles. The van der Waals surface area contributed by atoms with E-state index < -0.39 is 12.7 Å². The van der Waals surface area contributed by atoms with Crippen LogP contribution in [0.4, 0.5) is 13.2 Å². The normalized spacial score (nSPS) is 20.5. The molecule has 0 radical (unpaired) electrons. The molecule has 112 valence electrons. The minimum atomic E-state index is -4.08. The Morgan fingerprint density at radius 3 is 2.75 bits per heavy atom. The van der Waals surface area contributed by atoms with Gasteiger partial charge in [-0.1, -0.05) is 24.3 Å². The lowest BCUT2D eigenvalue weighted by Crippen LogP contribution is -2.33. The number of alkyl halides is 3. The van der Waals surface area contributed by atoms with E-state index in [1.54, 1.807) is 0 Å². The maximum absolute atomic E-state index is 12.3. The number of hydrogen-bond acceptors (Lipinski definition) is 2. The summed E-state index contributed by atoms with van der Waals surface area (Å²) in [5, 5.41) is 3.36. The lowest BCUT2D eigenvalue weighted by atomic mass is 10.1. The highest BCUT2D eigenvalue weighted by atomic mass is 19.4. The average molecular weight is 286 g/mol. The van der Waals surface area contributed by atoms with Crippen LogP contribution in [0.2, 0.25) is 0 Å². The molecule has 0 spiro atoms. The van der Waals surface area contributed by atoms with Crippen molar-refractivity contribution in [1.82, 2.24) is 10.2 Å². The van der Waals surface area contributed by atoms with E-state index in [4.69, 9.17) is 0 Å². The van der Waals surface area contributed by atoms with Crippen LogP contribution in [-0.4, -0.2) is 37.3 Å². The van der Waals surface area contributed by atoms with Crippen LogP contribution in [-0.2, 0) is 6.54 Å². The second-order valence-electron chi connectivity index (χ2n) is 5.56. The summed E-state index contributed by atoms with van der Waals surface area (Å²) in [5.41, 5.74) is 2.49. The summed E-state index contributed by atoms with van der Waals surface area (Å²) in [6.45, 7) is 3.95. The van der Waals surface area contributed by atoms with Crippen molar-refractivity contribution in [2.75, 3.05) is 26.2 Å². The highest BCUT2D eigenvalue weighted by molar-refractivity contribution is 5.25. The molecular weight excluding hydrogens is 265 g/mol. The fourth-order valence-electron chi connectivity index (χ4n) is 2.70. The number of nitrogens with zero attached hydrogens (tertiary/aromatic N) is 1. The van der Waals surface area contributed by atoms with Crippen LogP contribution in [0.5, 0.6) is 0 Å². The summed E-state index contributed by atoms with van der Waals surface area (Å²) >= 11 is 0. The summed E-state index contributed by atoms with van der Waals surface area (Å²) in [5.74, 6) is 0.321. The van der Waals surface area contributed by atoms with Gasteiger partial charge in [0.05, 0.1) is 6.54 Å². The SMILES string of the molecule is Cc1ccccc1CNCC1CCN(CC(F)(F)F)C1. The van der Waals surface area contributed by atoms with Gasteiger partial charge in [0, 0.05) is 13.1 Å². The number of benzene rings is 1. The molecule has 0 aromatic heterocycles. The Labute approximate surface area is 118 Å². The van der Waals surface area contributed by atoms with Crippen molar-refractivity contribution in [2.24, 2.45) is 5.92 Å². The third kappa shape index (κ3) is 4.80. The van der Waals surface area contributed by atoms with E-state index in [0.29, 0.717) is 19.0 Å². The highest BCUT2D eigenvalue weighted by Crippen LogP contribution is 2.22. The van der Waals surface area contributed by atoms with E-state index in [0.717, 1.165) is 19.5 Å². The van der Waals surface area contributed by atoms with Crippen LogP contribution in [0.3, 0.4) is 0 Å². The fraction of sp³-hybridized carbons (Fsp3) is 0.600. The van der Waals surface area contributed by atoms with Gasteiger partial charge in [-0.3, -0.25) is 4.90 Å². The molecule has 1 aliphatic rings. The van der Waals surface area contributed by atoms with Gasteiger partial charge in [0.1, 0.15) is 0 Å². The largest absolute Gasteiger partial charge is 0.401 e. The topological polar surface area (TPSA) is 15.3 Å². The second-order valence-corrected chi connectivity index (χ2v) is 5.56. The average Bonchev–Trinajstić information content (AvgIpc) is 2.77. The van der Waals surface area contributed by atoms with E-state index in [-0.39, 0.29) is 0 Å². The first-order valence-corrected chi connectivity index (χ1v) is 6.98. The molecule has 1 atom stereocenters. The monoisotopic (exact) mass is 286 g/mol. The lowest BCUT2D eigenvalue weighted by molar-refractivity contribution is -0.143. The van der Waals surface area contributed by atoms with Gasteiger partial charge in [0.15, 0.2) is 0 Å². The van der Waals surface area contributed by atoms with Crippen LogP contribution >= 0.6 is 0 Å². The predicted octanol–water partition coefficient (Wildman–Crippen LogP) is 2.97. The zero-order chi connectivity index (χ0) is 14.6. The molecule has 2 nitrogen and oxygen atoms in total. The maximum atomic E-state index is 12.3. The smallest absolute Gasteiger partial charge is 0.312 e. The Hall–Kier alpha value is -1.07. The Balaban J connectivity index is 1.70. The molecule has 0 bridgehead atoms. The molecule has 1 aromatic carbocycles. The molecule has 0 amide bonds. The predicted molar refractivity (Wildman–Crippen MR) is 73.5 cm³/mol. The third-order valence-corrected chi connectivity index (χ3v) is 3.78. The van der Waals surface area contributed by atoms with Crippen molar-refractivity contribution >= 4 is 0 Å². The summed E-state index contributed by atoms with van der Waals surface area (Å²) in [7, 11) is 0. The first kappa shape index (κ1) is 15.3. The third-order valence-electron chi connectivity index (χ3n) is 3.78. The molecular formula is C15H21F3N2. The zero-order valence-corrected chi connectivity index (χ0v) is 11.7. The molecule has 1 fully saturated rings. The summed E-state index contributed by atoms with van der Waals surface area (Å²) in [6, 6.07) is 8.15. The van der Waals surface area contributed by atoms with Crippen LogP contribution in [0, 0.1) is 12.8 Å².